The van der Waals surface area contributed by atoms with Gasteiger partial charge in [-0.3, -0.25) is 9.69 Å². The third-order valence-electron chi connectivity index (χ3n) is 4.09. The van der Waals surface area contributed by atoms with Crippen LogP contribution in [-0.4, -0.2) is 52.0 Å². The van der Waals surface area contributed by atoms with Crippen molar-refractivity contribution >= 4 is 11.6 Å². The van der Waals surface area contributed by atoms with Gasteiger partial charge in [-0.25, -0.2) is 0 Å². The van der Waals surface area contributed by atoms with Crippen molar-refractivity contribution < 1.29 is 9.32 Å². The van der Waals surface area contributed by atoms with Crippen molar-refractivity contribution in [2.24, 2.45) is 0 Å². The number of aromatic nitrogens is 2. The fourth-order valence-corrected chi connectivity index (χ4v) is 2.75. The number of benzene rings is 1. The SMILES string of the molecule is Cc1nc(CN2CCN(C(=O)c3cc(N)ccc3C)CC2)no1. The molecule has 122 valence electrons. The molecule has 3 rings (SSSR count). The summed E-state index contributed by atoms with van der Waals surface area (Å²) >= 11 is 0. The molecule has 1 aliphatic rings. The van der Waals surface area contributed by atoms with Gasteiger partial charge in [0.25, 0.3) is 5.91 Å². The van der Waals surface area contributed by atoms with E-state index in [0.717, 1.165) is 18.7 Å². The van der Waals surface area contributed by atoms with Gasteiger partial charge in [0.1, 0.15) is 0 Å². The number of carbonyl (C=O) groups is 1. The van der Waals surface area contributed by atoms with E-state index in [2.05, 4.69) is 15.0 Å². The van der Waals surface area contributed by atoms with E-state index in [4.69, 9.17) is 10.3 Å². The van der Waals surface area contributed by atoms with Crippen molar-refractivity contribution in [3.05, 3.63) is 41.0 Å². The van der Waals surface area contributed by atoms with Gasteiger partial charge in [-0.2, -0.15) is 4.98 Å². The largest absolute Gasteiger partial charge is 0.399 e. The second-order valence-corrected chi connectivity index (χ2v) is 5.87. The number of hydrogen-bond donors (Lipinski definition) is 1. The average Bonchev–Trinajstić information content (AvgIpc) is 2.95. The Balaban J connectivity index is 1.60. The maximum Gasteiger partial charge on any atom is 0.254 e. The first-order valence-electron chi connectivity index (χ1n) is 7.70. The van der Waals surface area contributed by atoms with Crippen LogP contribution in [0.15, 0.2) is 22.7 Å². The van der Waals surface area contributed by atoms with Gasteiger partial charge in [0.05, 0.1) is 6.54 Å². The van der Waals surface area contributed by atoms with Crippen LogP contribution < -0.4 is 5.73 Å². The van der Waals surface area contributed by atoms with E-state index in [-0.39, 0.29) is 5.91 Å². The summed E-state index contributed by atoms with van der Waals surface area (Å²) in [6.07, 6.45) is 0. The summed E-state index contributed by atoms with van der Waals surface area (Å²) in [5, 5.41) is 3.91. The summed E-state index contributed by atoms with van der Waals surface area (Å²) in [6.45, 7) is 7.31. The molecule has 1 aromatic carbocycles. The Morgan fingerprint density at radius 2 is 2.00 bits per heavy atom. The molecule has 23 heavy (non-hydrogen) atoms. The molecule has 0 atom stereocenters. The van der Waals surface area contributed by atoms with Gasteiger partial charge in [0, 0.05) is 44.4 Å². The lowest BCUT2D eigenvalue weighted by molar-refractivity contribution is 0.0623. The molecule has 0 bridgehead atoms. The van der Waals surface area contributed by atoms with Gasteiger partial charge in [0.2, 0.25) is 5.89 Å². The minimum absolute atomic E-state index is 0.0462. The molecule has 1 fully saturated rings. The number of anilines is 1. The molecule has 0 aliphatic carbocycles. The predicted molar refractivity (Wildman–Crippen MR) is 85.8 cm³/mol. The Labute approximate surface area is 135 Å². The number of nitrogen functional groups attached to an aromatic ring is 1. The smallest absolute Gasteiger partial charge is 0.254 e. The van der Waals surface area contributed by atoms with Crippen LogP contribution in [0.2, 0.25) is 0 Å². The topological polar surface area (TPSA) is 88.5 Å². The first kappa shape index (κ1) is 15.5. The van der Waals surface area contributed by atoms with Crippen LogP contribution in [0.5, 0.6) is 0 Å². The van der Waals surface area contributed by atoms with Crippen molar-refractivity contribution in [3.8, 4) is 0 Å². The quantitative estimate of drug-likeness (QED) is 0.857. The molecule has 1 amide bonds. The van der Waals surface area contributed by atoms with E-state index < -0.39 is 0 Å². The number of rotatable bonds is 3. The predicted octanol–water partition coefficient (Wildman–Crippen LogP) is 1.23. The van der Waals surface area contributed by atoms with Gasteiger partial charge in [0.15, 0.2) is 5.82 Å². The zero-order chi connectivity index (χ0) is 16.4. The molecule has 0 radical (unpaired) electrons. The number of piperazine rings is 1. The van der Waals surface area contributed by atoms with Gasteiger partial charge in [-0.1, -0.05) is 11.2 Å². The molecule has 1 aliphatic heterocycles. The van der Waals surface area contributed by atoms with E-state index in [9.17, 15) is 4.79 Å². The Kier molecular flexibility index (Phi) is 4.29. The van der Waals surface area contributed by atoms with Gasteiger partial charge >= 0.3 is 0 Å². The van der Waals surface area contributed by atoms with Crippen LogP contribution in [-0.2, 0) is 6.54 Å². The Morgan fingerprint density at radius 3 is 2.65 bits per heavy atom. The number of aryl methyl sites for hydroxylation is 2. The molecular formula is C16H21N5O2. The normalized spacial score (nSPS) is 15.8. The van der Waals surface area contributed by atoms with Crippen LogP contribution in [0.3, 0.4) is 0 Å². The number of amides is 1. The van der Waals surface area contributed by atoms with Gasteiger partial charge < -0.3 is 15.2 Å². The summed E-state index contributed by atoms with van der Waals surface area (Å²) in [5.74, 6) is 1.31. The number of hydrogen-bond acceptors (Lipinski definition) is 6. The lowest BCUT2D eigenvalue weighted by Crippen LogP contribution is -2.48. The van der Waals surface area contributed by atoms with E-state index in [0.29, 0.717) is 42.6 Å². The molecule has 7 nitrogen and oxygen atoms in total. The Morgan fingerprint density at radius 1 is 1.26 bits per heavy atom. The molecule has 2 aromatic rings. The molecular weight excluding hydrogens is 294 g/mol. The summed E-state index contributed by atoms with van der Waals surface area (Å²) in [7, 11) is 0. The third kappa shape index (κ3) is 3.50. The molecule has 0 unspecified atom stereocenters. The molecule has 1 saturated heterocycles. The summed E-state index contributed by atoms with van der Waals surface area (Å²) in [4.78, 5) is 21.0. The molecule has 0 saturated carbocycles. The highest BCUT2D eigenvalue weighted by molar-refractivity contribution is 5.96. The first-order valence-corrected chi connectivity index (χ1v) is 7.70. The Bertz CT molecular complexity index is 704. The van der Waals surface area contributed by atoms with Crippen molar-refractivity contribution in [2.75, 3.05) is 31.9 Å². The second kappa shape index (κ2) is 6.37. The lowest BCUT2D eigenvalue weighted by atomic mass is 10.1. The van der Waals surface area contributed by atoms with Crippen molar-refractivity contribution in [1.82, 2.24) is 19.9 Å². The molecule has 1 aromatic heterocycles. The van der Waals surface area contributed by atoms with E-state index in [1.54, 1.807) is 13.0 Å². The summed E-state index contributed by atoms with van der Waals surface area (Å²) in [6, 6.07) is 5.46. The van der Waals surface area contributed by atoms with E-state index in [1.807, 2.05) is 24.0 Å². The van der Waals surface area contributed by atoms with Crippen LogP contribution in [0, 0.1) is 13.8 Å². The zero-order valence-electron chi connectivity index (χ0n) is 13.5. The van der Waals surface area contributed by atoms with E-state index in [1.165, 1.54) is 0 Å². The van der Waals surface area contributed by atoms with Gasteiger partial charge in [-0.05, 0) is 24.6 Å². The first-order chi connectivity index (χ1) is 11.0. The van der Waals surface area contributed by atoms with E-state index >= 15 is 0 Å². The fourth-order valence-electron chi connectivity index (χ4n) is 2.75. The fraction of sp³-hybridized carbons (Fsp3) is 0.438. The van der Waals surface area contributed by atoms with Crippen molar-refractivity contribution in [2.45, 2.75) is 20.4 Å². The second-order valence-electron chi connectivity index (χ2n) is 5.87. The summed E-state index contributed by atoms with van der Waals surface area (Å²) < 4.78 is 4.98. The van der Waals surface area contributed by atoms with Crippen LogP contribution in [0.4, 0.5) is 5.69 Å². The highest BCUT2D eigenvalue weighted by atomic mass is 16.5. The molecule has 2 heterocycles. The molecule has 7 heteroatoms. The number of carbonyl (C=O) groups excluding carboxylic acids is 1. The maximum absolute atomic E-state index is 12.7. The summed E-state index contributed by atoms with van der Waals surface area (Å²) in [5.41, 5.74) is 8.06. The lowest BCUT2D eigenvalue weighted by Gasteiger charge is -2.34. The molecule has 2 N–H and O–H groups in total. The monoisotopic (exact) mass is 315 g/mol. The van der Waals surface area contributed by atoms with Crippen molar-refractivity contribution in [1.29, 1.82) is 0 Å². The average molecular weight is 315 g/mol. The van der Waals surface area contributed by atoms with Crippen LogP contribution in [0.25, 0.3) is 0 Å². The highest BCUT2D eigenvalue weighted by Gasteiger charge is 2.24. The molecule has 0 spiro atoms. The minimum Gasteiger partial charge on any atom is -0.399 e. The number of nitrogens with two attached hydrogens (primary N) is 1. The minimum atomic E-state index is 0.0462. The Hall–Kier alpha value is -2.41. The van der Waals surface area contributed by atoms with Crippen molar-refractivity contribution in [3.63, 3.8) is 0 Å². The number of nitrogens with zero attached hydrogens (tertiary/aromatic N) is 4. The van der Waals surface area contributed by atoms with Crippen LogP contribution >= 0.6 is 0 Å². The third-order valence-corrected chi connectivity index (χ3v) is 4.09. The maximum atomic E-state index is 12.7. The van der Waals surface area contributed by atoms with Gasteiger partial charge in [-0.15, -0.1) is 0 Å². The highest BCUT2D eigenvalue weighted by Crippen LogP contribution is 2.16. The van der Waals surface area contributed by atoms with Crippen LogP contribution in [0.1, 0.15) is 27.6 Å². The zero-order valence-corrected chi connectivity index (χ0v) is 13.5. The standard InChI is InChI=1S/C16H21N5O2/c1-11-3-4-13(17)9-14(11)16(22)21-7-5-20(6-8-21)10-15-18-12(2)23-19-15/h3-4,9H,5-8,10,17H2,1-2H3.